The van der Waals surface area contributed by atoms with Crippen LogP contribution in [0.25, 0.3) is 11.1 Å². The van der Waals surface area contributed by atoms with Gasteiger partial charge in [-0.15, -0.1) is 0 Å². The summed E-state index contributed by atoms with van der Waals surface area (Å²) in [6.45, 7) is -0.436. The Labute approximate surface area is 109 Å². The number of hydrogen-bond acceptors (Lipinski definition) is 1. The van der Waals surface area contributed by atoms with Crippen LogP contribution in [0.2, 0.25) is 0 Å². The molecule has 100 valence electrons. The lowest BCUT2D eigenvalue weighted by Crippen LogP contribution is -2.27. The van der Waals surface area contributed by atoms with Crippen LogP contribution in [0.4, 0.5) is 13.2 Å². The average molecular weight is 265 g/mol. The van der Waals surface area contributed by atoms with Gasteiger partial charge in [-0.3, -0.25) is 0 Å². The van der Waals surface area contributed by atoms with E-state index >= 15 is 0 Å². The van der Waals surface area contributed by atoms with Gasteiger partial charge in [0.25, 0.3) is 0 Å². The minimum atomic E-state index is -4.30. The standard InChI is InChI=1S/C15H14F3N/c16-15(17,18)14(10-19)13-8-6-12(7-9-13)11-4-2-1-3-5-11/h1-9,14H,10,19H2. The molecule has 0 aliphatic rings. The fraction of sp³-hybridized carbons (Fsp3) is 0.200. The highest BCUT2D eigenvalue weighted by Gasteiger charge is 2.39. The number of hydrogen-bond donors (Lipinski definition) is 1. The second kappa shape index (κ2) is 5.45. The van der Waals surface area contributed by atoms with E-state index in [9.17, 15) is 13.2 Å². The van der Waals surface area contributed by atoms with Gasteiger partial charge in [-0.2, -0.15) is 13.2 Å². The van der Waals surface area contributed by atoms with Crippen molar-refractivity contribution < 1.29 is 13.2 Å². The van der Waals surface area contributed by atoms with Crippen molar-refractivity contribution in [1.29, 1.82) is 0 Å². The van der Waals surface area contributed by atoms with Crippen molar-refractivity contribution in [1.82, 2.24) is 0 Å². The van der Waals surface area contributed by atoms with Gasteiger partial charge in [-0.1, -0.05) is 54.6 Å². The first kappa shape index (κ1) is 13.6. The maximum atomic E-state index is 12.7. The first-order chi connectivity index (χ1) is 9.02. The van der Waals surface area contributed by atoms with Crippen LogP contribution in [0.5, 0.6) is 0 Å². The Morgan fingerprint density at radius 3 is 1.84 bits per heavy atom. The van der Waals surface area contributed by atoms with Crippen molar-refractivity contribution in [3.05, 3.63) is 60.2 Å². The molecule has 1 atom stereocenters. The second-order valence-electron chi connectivity index (χ2n) is 4.32. The van der Waals surface area contributed by atoms with E-state index in [0.717, 1.165) is 11.1 Å². The molecule has 0 aliphatic carbocycles. The molecule has 19 heavy (non-hydrogen) atoms. The van der Waals surface area contributed by atoms with Crippen LogP contribution in [-0.2, 0) is 0 Å². The number of benzene rings is 2. The molecule has 4 heteroatoms. The third-order valence-corrected chi connectivity index (χ3v) is 3.05. The molecule has 0 saturated heterocycles. The lowest BCUT2D eigenvalue weighted by Gasteiger charge is -2.19. The third-order valence-electron chi connectivity index (χ3n) is 3.05. The van der Waals surface area contributed by atoms with E-state index in [0.29, 0.717) is 0 Å². The topological polar surface area (TPSA) is 26.0 Å². The molecule has 2 aromatic rings. The molecule has 0 heterocycles. The zero-order chi connectivity index (χ0) is 13.9. The monoisotopic (exact) mass is 265 g/mol. The summed E-state index contributed by atoms with van der Waals surface area (Å²) < 4.78 is 38.2. The predicted octanol–water partition coefficient (Wildman–Crippen LogP) is 3.96. The van der Waals surface area contributed by atoms with E-state index in [1.165, 1.54) is 12.1 Å². The SMILES string of the molecule is NCC(c1ccc(-c2ccccc2)cc1)C(F)(F)F. The molecule has 1 nitrogen and oxygen atoms in total. The third kappa shape index (κ3) is 3.15. The van der Waals surface area contributed by atoms with E-state index < -0.39 is 18.6 Å². The summed E-state index contributed by atoms with van der Waals surface area (Å²) in [4.78, 5) is 0. The maximum Gasteiger partial charge on any atom is 0.396 e. The molecule has 0 radical (unpaired) electrons. The van der Waals surface area contributed by atoms with Crippen LogP contribution in [-0.4, -0.2) is 12.7 Å². The van der Waals surface area contributed by atoms with Crippen LogP contribution >= 0.6 is 0 Å². The van der Waals surface area contributed by atoms with Crippen molar-refractivity contribution >= 4 is 0 Å². The lowest BCUT2D eigenvalue weighted by molar-refractivity contribution is -0.148. The van der Waals surface area contributed by atoms with Gasteiger partial charge in [0.2, 0.25) is 0 Å². The summed E-state index contributed by atoms with van der Waals surface area (Å²) in [6.07, 6.45) is -4.30. The Bertz CT molecular complexity index is 517. The first-order valence-corrected chi connectivity index (χ1v) is 5.94. The van der Waals surface area contributed by atoms with Crippen molar-refractivity contribution in [2.75, 3.05) is 6.54 Å². The molecule has 0 amide bonds. The van der Waals surface area contributed by atoms with Gasteiger partial charge in [-0.05, 0) is 16.7 Å². The molecule has 1 unspecified atom stereocenters. The number of halogens is 3. The van der Waals surface area contributed by atoms with Crippen LogP contribution in [0, 0.1) is 0 Å². The molecule has 0 spiro atoms. The molecule has 0 aliphatic heterocycles. The van der Waals surface area contributed by atoms with E-state index in [1.807, 2.05) is 30.3 Å². The van der Waals surface area contributed by atoms with Crippen LogP contribution in [0.1, 0.15) is 11.5 Å². The highest BCUT2D eigenvalue weighted by molar-refractivity contribution is 5.63. The highest BCUT2D eigenvalue weighted by Crippen LogP contribution is 2.34. The second-order valence-corrected chi connectivity index (χ2v) is 4.32. The van der Waals surface area contributed by atoms with E-state index in [-0.39, 0.29) is 5.56 Å². The normalized spacial score (nSPS) is 13.3. The Morgan fingerprint density at radius 2 is 1.37 bits per heavy atom. The fourth-order valence-corrected chi connectivity index (χ4v) is 2.00. The average Bonchev–Trinajstić information content (AvgIpc) is 2.40. The van der Waals surface area contributed by atoms with Crippen LogP contribution in [0.3, 0.4) is 0 Å². The summed E-state index contributed by atoms with van der Waals surface area (Å²) >= 11 is 0. The molecule has 2 aromatic carbocycles. The Morgan fingerprint density at radius 1 is 0.842 bits per heavy atom. The maximum absolute atomic E-state index is 12.7. The fourth-order valence-electron chi connectivity index (χ4n) is 2.00. The van der Waals surface area contributed by atoms with Crippen LogP contribution in [0.15, 0.2) is 54.6 Å². The van der Waals surface area contributed by atoms with Gasteiger partial charge >= 0.3 is 6.18 Å². The molecule has 2 rings (SSSR count). The van der Waals surface area contributed by atoms with E-state index in [4.69, 9.17) is 5.73 Å². The van der Waals surface area contributed by atoms with Crippen molar-refractivity contribution in [2.24, 2.45) is 5.73 Å². The van der Waals surface area contributed by atoms with Gasteiger partial charge in [0, 0.05) is 6.54 Å². The summed E-state index contributed by atoms with van der Waals surface area (Å²) in [5, 5.41) is 0. The van der Waals surface area contributed by atoms with Crippen molar-refractivity contribution in [3.63, 3.8) is 0 Å². The first-order valence-electron chi connectivity index (χ1n) is 5.94. The molecule has 0 fully saturated rings. The van der Waals surface area contributed by atoms with Crippen LogP contribution < -0.4 is 5.73 Å². The molecule has 0 saturated carbocycles. The van der Waals surface area contributed by atoms with Crippen molar-refractivity contribution in [2.45, 2.75) is 12.1 Å². The van der Waals surface area contributed by atoms with Crippen molar-refractivity contribution in [3.8, 4) is 11.1 Å². The minimum Gasteiger partial charge on any atom is -0.330 e. The summed E-state index contributed by atoms with van der Waals surface area (Å²) in [6, 6.07) is 15.9. The lowest BCUT2D eigenvalue weighted by atomic mass is 9.96. The Balaban J connectivity index is 2.28. The summed E-state index contributed by atoms with van der Waals surface area (Å²) in [5.74, 6) is -1.60. The zero-order valence-electron chi connectivity index (χ0n) is 10.2. The summed E-state index contributed by atoms with van der Waals surface area (Å²) in [7, 11) is 0. The van der Waals surface area contributed by atoms with Gasteiger partial charge in [-0.25, -0.2) is 0 Å². The Hall–Kier alpha value is -1.81. The van der Waals surface area contributed by atoms with Gasteiger partial charge < -0.3 is 5.73 Å². The van der Waals surface area contributed by atoms with Gasteiger partial charge in [0.05, 0.1) is 5.92 Å². The smallest absolute Gasteiger partial charge is 0.330 e. The zero-order valence-corrected chi connectivity index (χ0v) is 10.2. The molecular weight excluding hydrogens is 251 g/mol. The predicted molar refractivity (Wildman–Crippen MR) is 69.7 cm³/mol. The summed E-state index contributed by atoms with van der Waals surface area (Å²) in [5.41, 5.74) is 7.29. The number of nitrogens with two attached hydrogens (primary N) is 1. The Kier molecular flexibility index (Phi) is 3.90. The molecule has 0 bridgehead atoms. The largest absolute Gasteiger partial charge is 0.396 e. The van der Waals surface area contributed by atoms with E-state index in [2.05, 4.69) is 0 Å². The number of alkyl halides is 3. The number of rotatable bonds is 3. The van der Waals surface area contributed by atoms with Gasteiger partial charge in [0.15, 0.2) is 0 Å². The molecule has 2 N–H and O–H groups in total. The minimum absolute atomic E-state index is 0.203. The highest BCUT2D eigenvalue weighted by atomic mass is 19.4. The quantitative estimate of drug-likeness (QED) is 0.893. The van der Waals surface area contributed by atoms with Gasteiger partial charge in [0.1, 0.15) is 0 Å². The molecule has 0 aromatic heterocycles. The molecular formula is C15H14F3N. The van der Waals surface area contributed by atoms with E-state index in [1.54, 1.807) is 12.1 Å².